The second-order valence-electron chi connectivity index (χ2n) is 7.52. The van der Waals surface area contributed by atoms with Gasteiger partial charge in [-0.15, -0.1) is 10.2 Å². The van der Waals surface area contributed by atoms with Crippen LogP contribution in [0.15, 0.2) is 10.1 Å². The molecule has 0 unspecified atom stereocenters. The Morgan fingerprint density at radius 1 is 1.14 bits per heavy atom. The number of aryl methyl sites for hydroxylation is 1. The van der Waals surface area contributed by atoms with Gasteiger partial charge in [-0.1, -0.05) is 37.9 Å². The quantitative estimate of drug-likeness (QED) is 0.205. The van der Waals surface area contributed by atoms with E-state index in [1.54, 1.807) is 11.8 Å². The molecule has 0 atom stereocenters. The predicted molar refractivity (Wildman–Crippen MR) is 122 cm³/mol. The lowest BCUT2D eigenvalue weighted by Crippen LogP contribution is -2.38. The van der Waals surface area contributed by atoms with Gasteiger partial charge in [0.15, 0.2) is 11.1 Å². The van der Waals surface area contributed by atoms with Gasteiger partial charge >= 0.3 is 0 Å². The highest BCUT2D eigenvalue weighted by Crippen LogP contribution is 2.33. The van der Waals surface area contributed by atoms with Crippen LogP contribution in [0.2, 0.25) is 0 Å². The molecule has 1 heterocycles. The fourth-order valence-electron chi connectivity index (χ4n) is 3.65. The van der Waals surface area contributed by atoms with Crippen molar-refractivity contribution in [1.82, 2.24) is 25.4 Å². The summed E-state index contributed by atoms with van der Waals surface area (Å²) in [6, 6.07) is 0.587. The van der Waals surface area contributed by atoms with Crippen LogP contribution in [0.4, 0.5) is 0 Å². The Morgan fingerprint density at radius 3 is 2.66 bits per heavy atom. The lowest BCUT2D eigenvalue weighted by atomic mass is 10.2. The van der Waals surface area contributed by atoms with Crippen molar-refractivity contribution in [3.8, 4) is 0 Å². The summed E-state index contributed by atoms with van der Waals surface area (Å²) in [6.07, 6.45) is 12.5. The van der Waals surface area contributed by atoms with Crippen LogP contribution in [-0.4, -0.2) is 59.8 Å². The molecule has 1 aliphatic rings. The maximum atomic E-state index is 5.61. The van der Waals surface area contributed by atoms with E-state index in [1.807, 2.05) is 0 Å². The number of hydrogen-bond acceptors (Lipinski definition) is 5. The van der Waals surface area contributed by atoms with E-state index >= 15 is 0 Å². The monoisotopic (exact) mass is 424 g/mol. The molecule has 0 aliphatic heterocycles. The van der Waals surface area contributed by atoms with Crippen molar-refractivity contribution >= 4 is 17.7 Å². The molecule has 1 aliphatic carbocycles. The van der Waals surface area contributed by atoms with Crippen molar-refractivity contribution in [2.45, 2.75) is 82.8 Å². The number of nitrogens with zero attached hydrogens (tertiary/aromatic N) is 4. The summed E-state index contributed by atoms with van der Waals surface area (Å²) in [5, 5.41) is 16.7. The third-order valence-electron chi connectivity index (χ3n) is 5.18. The Balaban J connectivity index is 1.74. The molecule has 0 amide bonds. The lowest BCUT2D eigenvalue weighted by Gasteiger charge is -2.16. The summed E-state index contributed by atoms with van der Waals surface area (Å²) >= 11 is 1.70. The maximum absolute atomic E-state index is 5.61. The second kappa shape index (κ2) is 14.7. The Labute approximate surface area is 180 Å². The molecule has 0 bridgehead atoms. The SMILES string of the molecule is CCCCOCCCNC(=NCCCc1nnc(SC)n1C1CCCC1)NCC. The normalized spacial score (nSPS) is 15.2. The van der Waals surface area contributed by atoms with Crippen molar-refractivity contribution < 1.29 is 4.74 Å². The molecule has 0 radical (unpaired) electrons. The van der Waals surface area contributed by atoms with Gasteiger partial charge in [0.05, 0.1) is 0 Å². The first kappa shape index (κ1) is 24.0. The Morgan fingerprint density at radius 2 is 1.93 bits per heavy atom. The smallest absolute Gasteiger partial charge is 0.191 e. The minimum atomic E-state index is 0.587. The summed E-state index contributed by atoms with van der Waals surface area (Å²) < 4.78 is 8.00. The molecule has 0 aromatic carbocycles. The van der Waals surface area contributed by atoms with Crippen molar-refractivity contribution in [3.63, 3.8) is 0 Å². The van der Waals surface area contributed by atoms with Gasteiger partial charge < -0.3 is 19.9 Å². The van der Waals surface area contributed by atoms with Crippen molar-refractivity contribution in [1.29, 1.82) is 0 Å². The van der Waals surface area contributed by atoms with Crippen molar-refractivity contribution in [3.05, 3.63) is 5.82 Å². The summed E-state index contributed by atoms with van der Waals surface area (Å²) in [5.74, 6) is 2.02. The molecule has 8 heteroatoms. The standard InChI is InChI=1S/C21H40N6OS/c1-4-6-16-28-17-10-15-24-20(22-5-2)23-14-9-13-19-25-26-21(29-3)27(19)18-11-7-8-12-18/h18H,4-17H2,1-3H3,(H2,22,23,24). The van der Waals surface area contributed by atoms with Gasteiger partial charge in [-0.2, -0.15) is 0 Å². The number of aromatic nitrogens is 3. The van der Waals surface area contributed by atoms with Crippen LogP contribution < -0.4 is 10.6 Å². The second-order valence-corrected chi connectivity index (χ2v) is 8.30. The molecule has 29 heavy (non-hydrogen) atoms. The molecule has 1 aromatic heterocycles. The van der Waals surface area contributed by atoms with Crippen LogP contribution in [-0.2, 0) is 11.2 Å². The van der Waals surface area contributed by atoms with Crippen LogP contribution in [0.1, 0.15) is 77.1 Å². The zero-order chi connectivity index (χ0) is 20.7. The van der Waals surface area contributed by atoms with E-state index in [2.05, 4.69) is 45.5 Å². The predicted octanol–water partition coefficient (Wildman–Crippen LogP) is 3.81. The zero-order valence-corrected chi connectivity index (χ0v) is 19.4. The van der Waals surface area contributed by atoms with Crippen LogP contribution >= 0.6 is 11.8 Å². The number of aliphatic imine (C=N–C) groups is 1. The van der Waals surface area contributed by atoms with Gasteiger partial charge in [-0.05, 0) is 45.3 Å². The molecular formula is C21H40N6OS. The number of nitrogens with one attached hydrogen (secondary N) is 2. The van der Waals surface area contributed by atoms with E-state index in [-0.39, 0.29) is 0 Å². The number of thioether (sulfide) groups is 1. The lowest BCUT2D eigenvalue weighted by molar-refractivity contribution is 0.129. The summed E-state index contributed by atoms with van der Waals surface area (Å²) in [5.41, 5.74) is 0. The largest absolute Gasteiger partial charge is 0.381 e. The van der Waals surface area contributed by atoms with E-state index in [0.29, 0.717) is 6.04 Å². The van der Waals surface area contributed by atoms with Gasteiger partial charge in [0.2, 0.25) is 0 Å². The number of unbranched alkanes of at least 4 members (excludes halogenated alkanes) is 1. The van der Waals surface area contributed by atoms with Gasteiger partial charge in [0.25, 0.3) is 0 Å². The highest BCUT2D eigenvalue weighted by Gasteiger charge is 2.23. The zero-order valence-electron chi connectivity index (χ0n) is 18.6. The first-order valence-electron chi connectivity index (χ1n) is 11.4. The molecule has 2 N–H and O–H groups in total. The Bertz CT molecular complexity index is 586. The van der Waals surface area contributed by atoms with Crippen LogP contribution in [0.3, 0.4) is 0 Å². The number of guanidine groups is 1. The average molecular weight is 425 g/mol. The van der Waals surface area contributed by atoms with Crippen LogP contribution in [0, 0.1) is 0 Å². The summed E-state index contributed by atoms with van der Waals surface area (Å²) in [6.45, 7) is 8.49. The molecule has 166 valence electrons. The van der Waals surface area contributed by atoms with E-state index < -0.39 is 0 Å². The molecule has 1 aromatic rings. The van der Waals surface area contributed by atoms with E-state index in [9.17, 15) is 0 Å². The first-order chi connectivity index (χ1) is 14.3. The van der Waals surface area contributed by atoms with E-state index in [0.717, 1.165) is 75.5 Å². The molecule has 1 saturated carbocycles. The third kappa shape index (κ3) is 8.54. The molecule has 0 saturated heterocycles. The minimum absolute atomic E-state index is 0.587. The summed E-state index contributed by atoms with van der Waals surface area (Å²) in [4.78, 5) is 4.72. The first-order valence-corrected chi connectivity index (χ1v) is 12.6. The maximum Gasteiger partial charge on any atom is 0.191 e. The van der Waals surface area contributed by atoms with Gasteiger partial charge in [0.1, 0.15) is 5.82 Å². The Hall–Kier alpha value is -1.28. The average Bonchev–Trinajstić information content (AvgIpc) is 3.39. The molecule has 2 rings (SSSR count). The van der Waals surface area contributed by atoms with Gasteiger partial charge in [0, 0.05) is 45.3 Å². The fourth-order valence-corrected chi connectivity index (χ4v) is 4.22. The Kier molecular flexibility index (Phi) is 12.1. The molecule has 7 nitrogen and oxygen atoms in total. The number of hydrogen-bond donors (Lipinski definition) is 2. The van der Waals surface area contributed by atoms with Gasteiger partial charge in [-0.3, -0.25) is 4.99 Å². The molecular weight excluding hydrogens is 384 g/mol. The van der Waals surface area contributed by atoms with Crippen LogP contribution in [0.5, 0.6) is 0 Å². The highest BCUT2D eigenvalue weighted by atomic mass is 32.2. The topological polar surface area (TPSA) is 76.4 Å². The number of rotatable bonds is 14. The van der Waals surface area contributed by atoms with Crippen molar-refractivity contribution in [2.75, 3.05) is 39.1 Å². The minimum Gasteiger partial charge on any atom is -0.381 e. The van der Waals surface area contributed by atoms with E-state index in [1.165, 1.54) is 32.1 Å². The van der Waals surface area contributed by atoms with Crippen LogP contribution in [0.25, 0.3) is 0 Å². The fraction of sp³-hybridized carbons (Fsp3) is 0.857. The highest BCUT2D eigenvalue weighted by molar-refractivity contribution is 7.98. The number of ether oxygens (including phenoxy) is 1. The van der Waals surface area contributed by atoms with E-state index in [4.69, 9.17) is 9.73 Å². The summed E-state index contributed by atoms with van der Waals surface area (Å²) in [7, 11) is 0. The third-order valence-corrected chi connectivity index (χ3v) is 5.82. The van der Waals surface area contributed by atoms with Crippen molar-refractivity contribution in [2.24, 2.45) is 4.99 Å². The molecule has 0 spiro atoms. The van der Waals surface area contributed by atoms with Gasteiger partial charge in [-0.25, -0.2) is 0 Å². The molecule has 1 fully saturated rings.